The number of carbonyl (C=O) groups excluding carboxylic acids is 1. The number of rotatable bonds is 3. The highest BCUT2D eigenvalue weighted by atomic mass is 16.5. The van der Waals surface area contributed by atoms with E-state index in [1.54, 1.807) is 36.2 Å². The van der Waals surface area contributed by atoms with Crippen LogP contribution in [0.4, 0.5) is 5.82 Å². The van der Waals surface area contributed by atoms with Crippen LogP contribution in [0.2, 0.25) is 0 Å². The van der Waals surface area contributed by atoms with Gasteiger partial charge in [0.1, 0.15) is 23.5 Å². The Morgan fingerprint density at radius 2 is 2.22 bits per heavy atom. The molecular weight excluding hydrogens is 232 g/mol. The van der Waals surface area contributed by atoms with E-state index in [9.17, 15) is 4.79 Å². The minimum Gasteiger partial charge on any atom is -0.384 e. The van der Waals surface area contributed by atoms with E-state index in [0.29, 0.717) is 17.2 Å². The van der Waals surface area contributed by atoms with E-state index in [2.05, 4.69) is 10.1 Å². The fraction of sp³-hybridized carbons (Fsp3) is 0.250. The summed E-state index contributed by atoms with van der Waals surface area (Å²) in [6.45, 7) is 1.86. The number of carbonyl (C=O) groups is 1. The molecule has 2 heterocycles. The number of anilines is 1. The van der Waals surface area contributed by atoms with Crippen LogP contribution in [-0.4, -0.2) is 28.0 Å². The zero-order chi connectivity index (χ0) is 13.1. The van der Waals surface area contributed by atoms with Crippen molar-refractivity contribution >= 4 is 11.7 Å². The normalized spacial score (nSPS) is 12.1. The number of hydrogen-bond acceptors (Lipinski definition) is 5. The molecule has 2 aromatic rings. The summed E-state index contributed by atoms with van der Waals surface area (Å²) in [5.74, 6) is 0.112. The van der Waals surface area contributed by atoms with Crippen LogP contribution < -0.4 is 5.73 Å². The lowest BCUT2D eigenvalue weighted by molar-refractivity contribution is 0.0732. The fourth-order valence-corrected chi connectivity index (χ4v) is 1.56. The minimum atomic E-state index is -0.210. The fourth-order valence-electron chi connectivity index (χ4n) is 1.56. The predicted octanol–water partition coefficient (Wildman–Crippen LogP) is 1.48. The smallest absolute Gasteiger partial charge is 0.272 e. The molecule has 0 bridgehead atoms. The maximum atomic E-state index is 12.2. The average Bonchev–Trinajstić information content (AvgIpc) is 2.90. The van der Waals surface area contributed by atoms with Gasteiger partial charge in [-0.15, -0.1) is 0 Å². The molecule has 2 rings (SSSR count). The molecule has 0 saturated heterocycles. The Morgan fingerprint density at radius 3 is 2.83 bits per heavy atom. The molecule has 2 aromatic heterocycles. The maximum Gasteiger partial charge on any atom is 0.272 e. The van der Waals surface area contributed by atoms with Gasteiger partial charge in [0.2, 0.25) is 0 Å². The monoisotopic (exact) mass is 246 g/mol. The van der Waals surface area contributed by atoms with Crippen molar-refractivity contribution in [3.05, 3.63) is 41.9 Å². The number of pyridine rings is 1. The third-order valence-corrected chi connectivity index (χ3v) is 2.78. The molecule has 0 aliphatic carbocycles. The van der Waals surface area contributed by atoms with E-state index in [0.717, 1.165) is 0 Å². The van der Waals surface area contributed by atoms with Crippen LogP contribution in [0.5, 0.6) is 0 Å². The lowest BCUT2D eigenvalue weighted by atomic mass is 10.2. The molecule has 0 spiro atoms. The lowest BCUT2D eigenvalue weighted by Crippen LogP contribution is -2.30. The van der Waals surface area contributed by atoms with E-state index in [1.807, 2.05) is 6.92 Å². The molecule has 1 atom stereocenters. The van der Waals surface area contributed by atoms with Crippen molar-refractivity contribution in [1.29, 1.82) is 0 Å². The van der Waals surface area contributed by atoms with Crippen molar-refractivity contribution in [2.24, 2.45) is 0 Å². The summed E-state index contributed by atoms with van der Waals surface area (Å²) in [6, 6.07) is 6.49. The highest BCUT2D eigenvalue weighted by molar-refractivity contribution is 5.92. The minimum absolute atomic E-state index is 0.195. The van der Waals surface area contributed by atoms with E-state index in [4.69, 9.17) is 10.3 Å². The van der Waals surface area contributed by atoms with Crippen LogP contribution >= 0.6 is 0 Å². The van der Waals surface area contributed by atoms with Gasteiger partial charge in [-0.05, 0) is 19.1 Å². The van der Waals surface area contributed by atoms with Crippen LogP contribution in [0, 0.1) is 0 Å². The molecule has 0 radical (unpaired) electrons. The Morgan fingerprint density at radius 1 is 1.44 bits per heavy atom. The first kappa shape index (κ1) is 12.1. The molecule has 94 valence electrons. The molecule has 1 amide bonds. The van der Waals surface area contributed by atoms with Crippen molar-refractivity contribution in [2.75, 3.05) is 12.8 Å². The number of nitrogen functional groups attached to an aromatic ring is 1. The van der Waals surface area contributed by atoms with Crippen molar-refractivity contribution < 1.29 is 9.32 Å². The lowest BCUT2D eigenvalue weighted by Gasteiger charge is -2.22. The third-order valence-electron chi connectivity index (χ3n) is 2.78. The molecule has 2 N–H and O–H groups in total. The molecule has 6 heteroatoms. The van der Waals surface area contributed by atoms with Gasteiger partial charge < -0.3 is 15.2 Å². The van der Waals surface area contributed by atoms with Gasteiger partial charge >= 0.3 is 0 Å². The van der Waals surface area contributed by atoms with Gasteiger partial charge in [-0.3, -0.25) is 4.79 Å². The van der Waals surface area contributed by atoms with Crippen molar-refractivity contribution in [3.63, 3.8) is 0 Å². The molecular formula is C12H14N4O2. The van der Waals surface area contributed by atoms with Gasteiger partial charge in [0.15, 0.2) is 0 Å². The summed E-state index contributed by atoms with van der Waals surface area (Å²) in [5, 5.41) is 3.82. The average molecular weight is 246 g/mol. The second-order valence-electron chi connectivity index (χ2n) is 3.96. The first-order chi connectivity index (χ1) is 8.59. The third kappa shape index (κ3) is 2.32. The van der Waals surface area contributed by atoms with Crippen molar-refractivity contribution in [3.8, 4) is 0 Å². The number of hydrogen-bond donors (Lipinski definition) is 1. The standard InChI is InChI=1S/C12H14N4O2/c1-8(9-6-7-18-15-9)16(2)12(17)10-4-3-5-11(13)14-10/h3-8H,1-2H3,(H2,13,14). The molecule has 0 fully saturated rings. The van der Waals surface area contributed by atoms with E-state index in [1.165, 1.54) is 6.26 Å². The molecule has 0 aromatic carbocycles. The number of nitrogens with zero attached hydrogens (tertiary/aromatic N) is 3. The first-order valence-electron chi connectivity index (χ1n) is 5.49. The number of nitrogens with two attached hydrogens (primary N) is 1. The first-order valence-corrected chi connectivity index (χ1v) is 5.49. The molecule has 6 nitrogen and oxygen atoms in total. The predicted molar refractivity (Wildman–Crippen MR) is 65.7 cm³/mol. The summed E-state index contributed by atoms with van der Waals surface area (Å²) >= 11 is 0. The SMILES string of the molecule is CC(c1ccon1)N(C)C(=O)c1cccc(N)n1. The van der Waals surface area contributed by atoms with Gasteiger partial charge in [0, 0.05) is 13.1 Å². The van der Waals surface area contributed by atoms with Gasteiger partial charge in [0.05, 0.1) is 6.04 Å². The molecule has 0 aliphatic rings. The molecule has 18 heavy (non-hydrogen) atoms. The topological polar surface area (TPSA) is 85.2 Å². The maximum absolute atomic E-state index is 12.2. The molecule has 1 unspecified atom stereocenters. The summed E-state index contributed by atoms with van der Waals surface area (Å²) in [6.07, 6.45) is 1.48. The summed E-state index contributed by atoms with van der Waals surface area (Å²) in [7, 11) is 1.69. The van der Waals surface area contributed by atoms with Crippen LogP contribution in [0.25, 0.3) is 0 Å². The second kappa shape index (κ2) is 4.87. The Kier molecular flexibility index (Phi) is 3.27. The van der Waals surface area contributed by atoms with Gasteiger partial charge in [-0.2, -0.15) is 0 Å². The summed E-state index contributed by atoms with van der Waals surface area (Å²) in [4.78, 5) is 17.7. The van der Waals surface area contributed by atoms with Gasteiger partial charge in [-0.1, -0.05) is 11.2 Å². The highest BCUT2D eigenvalue weighted by Gasteiger charge is 2.21. The quantitative estimate of drug-likeness (QED) is 0.886. The second-order valence-corrected chi connectivity index (χ2v) is 3.96. The van der Waals surface area contributed by atoms with Crippen molar-refractivity contribution in [2.45, 2.75) is 13.0 Å². The highest BCUT2D eigenvalue weighted by Crippen LogP contribution is 2.18. The summed E-state index contributed by atoms with van der Waals surface area (Å²) < 4.78 is 4.77. The van der Waals surface area contributed by atoms with Crippen molar-refractivity contribution in [1.82, 2.24) is 15.0 Å². The summed E-state index contributed by atoms with van der Waals surface area (Å²) in [5.41, 5.74) is 6.56. The van der Waals surface area contributed by atoms with Gasteiger partial charge in [0.25, 0.3) is 5.91 Å². The Labute approximate surface area is 104 Å². The number of amides is 1. The van der Waals surface area contributed by atoms with E-state index >= 15 is 0 Å². The Hall–Kier alpha value is -2.37. The van der Waals surface area contributed by atoms with E-state index < -0.39 is 0 Å². The molecule has 0 aliphatic heterocycles. The zero-order valence-corrected chi connectivity index (χ0v) is 10.2. The molecule has 0 saturated carbocycles. The zero-order valence-electron chi connectivity index (χ0n) is 10.2. The van der Waals surface area contributed by atoms with E-state index in [-0.39, 0.29) is 11.9 Å². The largest absolute Gasteiger partial charge is 0.384 e. The van der Waals surface area contributed by atoms with Crippen LogP contribution in [0.1, 0.15) is 29.1 Å². The van der Waals surface area contributed by atoms with Gasteiger partial charge in [-0.25, -0.2) is 4.98 Å². The Balaban J connectivity index is 2.19. The number of aromatic nitrogens is 2. The van der Waals surface area contributed by atoms with Crippen LogP contribution in [0.15, 0.2) is 35.1 Å². The van der Waals surface area contributed by atoms with Crippen LogP contribution in [0.3, 0.4) is 0 Å². The van der Waals surface area contributed by atoms with Crippen LogP contribution in [-0.2, 0) is 0 Å². The Bertz CT molecular complexity index is 539.